The van der Waals surface area contributed by atoms with Gasteiger partial charge in [0.05, 0.1) is 0 Å². The van der Waals surface area contributed by atoms with Gasteiger partial charge in [-0.15, -0.1) is 11.8 Å². The van der Waals surface area contributed by atoms with E-state index in [0.29, 0.717) is 13.0 Å². The lowest BCUT2D eigenvalue weighted by Gasteiger charge is -2.08. The van der Waals surface area contributed by atoms with E-state index in [-0.39, 0.29) is 5.25 Å². The molecule has 0 saturated heterocycles. The molecule has 0 saturated carbocycles. The third-order valence-corrected chi connectivity index (χ3v) is 2.71. The first-order valence-electron chi connectivity index (χ1n) is 3.76. The van der Waals surface area contributed by atoms with Crippen molar-refractivity contribution in [3.63, 3.8) is 0 Å². The first-order valence-corrected chi connectivity index (χ1v) is 4.81. The van der Waals surface area contributed by atoms with Crippen LogP contribution in [0.25, 0.3) is 0 Å². The first-order chi connectivity index (χ1) is 5.22. The second-order valence-electron chi connectivity index (χ2n) is 2.28. The van der Waals surface area contributed by atoms with Crippen molar-refractivity contribution in [1.29, 1.82) is 0 Å². The Kier molecular flexibility index (Phi) is 6.36. The second kappa shape index (κ2) is 6.49. The number of carboxylic acid groups (broad SMARTS) is 1. The number of carbonyl (C=O) groups is 1. The minimum absolute atomic E-state index is 0.306. The Bertz CT molecular complexity index is 119. The lowest BCUT2D eigenvalue weighted by atomic mass is 10.3. The van der Waals surface area contributed by atoms with Crippen molar-refractivity contribution in [3.8, 4) is 0 Å². The maximum atomic E-state index is 10.5. The lowest BCUT2D eigenvalue weighted by Crippen LogP contribution is -2.20. The van der Waals surface area contributed by atoms with Crippen molar-refractivity contribution in [3.05, 3.63) is 0 Å². The monoisotopic (exact) mass is 177 g/mol. The zero-order valence-corrected chi connectivity index (χ0v) is 7.56. The molecular weight excluding hydrogens is 162 g/mol. The zero-order valence-electron chi connectivity index (χ0n) is 6.75. The van der Waals surface area contributed by atoms with Gasteiger partial charge in [0.2, 0.25) is 0 Å². The summed E-state index contributed by atoms with van der Waals surface area (Å²) in [5.74, 6) is 0.158. The molecule has 11 heavy (non-hydrogen) atoms. The fraction of sp³-hybridized carbons (Fsp3) is 0.857. The van der Waals surface area contributed by atoms with Gasteiger partial charge < -0.3 is 10.8 Å². The van der Waals surface area contributed by atoms with E-state index in [4.69, 9.17) is 10.8 Å². The van der Waals surface area contributed by atoms with Gasteiger partial charge in [0, 0.05) is 0 Å². The van der Waals surface area contributed by atoms with E-state index in [1.54, 1.807) is 0 Å². The van der Waals surface area contributed by atoms with E-state index in [1.807, 2.05) is 6.92 Å². The van der Waals surface area contributed by atoms with Crippen LogP contribution in [0.3, 0.4) is 0 Å². The largest absolute Gasteiger partial charge is 0.480 e. The second-order valence-corrected chi connectivity index (χ2v) is 3.59. The summed E-state index contributed by atoms with van der Waals surface area (Å²) < 4.78 is 0. The SMILES string of the molecule is CCCSC(CCN)C(=O)O. The van der Waals surface area contributed by atoms with Crippen molar-refractivity contribution in [2.45, 2.75) is 25.0 Å². The molecule has 1 unspecified atom stereocenters. The molecule has 0 spiro atoms. The Hall–Kier alpha value is -0.220. The lowest BCUT2D eigenvalue weighted by molar-refractivity contribution is -0.136. The minimum atomic E-state index is -0.742. The molecule has 0 rings (SSSR count). The van der Waals surface area contributed by atoms with Gasteiger partial charge in [0.1, 0.15) is 5.25 Å². The third kappa shape index (κ3) is 5.09. The van der Waals surface area contributed by atoms with Crippen molar-refractivity contribution in [1.82, 2.24) is 0 Å². The summed E-state index contributed by atoms with van der Waals surface area (Å²) >= 11 is 1.47. The molecule has 0 aliphatic carbocycles. The third-order valence-electron chi connectivity index (χ3n) is 1.23. The molecule has 0 heterocycles. The van der Waals surface area contributed by atoms with Crippen LogP contribution in [0.15, 0.2) is 0 Å². The van der Waals surface area contributed by atoms with Gasteiger partial charge in [-0.1, -0.05) is 6.92 Å². The molecule has 0 aromatic rings. The summed E-state index contributed by atoms with van der Waals surface area (Å²) in [6.07, 6.45) is 1.58. The van der Waals surface area contributed by atoms with Gasteiger partial charge in [-0.25, -0.2) is 0 Å². The van der Waals surface area contributed by atoms with Crippen molar-refractivity contribution >= 4 is 17.7 Å². The Morgan fingerprint density at radius 2 is 2.36 bits per heavy atom. The van der Waals surface area contributed by atoms with E-state index in [2.05, 4.69) is 0 Å². The number of hydrogen-bond acceptors (Lipinski definition) is 3. The van der Waals surface area contributed by atoms with Crippen LogP contribution in [-0.2, 0) is 4.79 Å². The fourth-order valence-electron chi connectivity index (χ4n) is 0.690. The van der Waals surface area contributed by atoms with Gasteiger partial charge in [0.15, 0.2) is 0 Å². The quantitative estimate of drug-likeness (QED) is 0.633. The highest BCUT2D eigenvalue weighted by Crippen LogP contribution is 2.14. The summed E-state index contributed by atoms with van der Waals surface area (Å²) in [5.41, 5.74) is 5.26. The highest BCUT2D eigenvalue weighted by molar-refractivity contribution is 8.00. The zero-order chi connectivity index (χ0) is 8.69. The summed E-state index contributed by atoms with van der Waals surface area (Å²) in [6, 6.07) is 0. The number of hydrogen-bond donors (Lipinski definition) is 2. The molecule has 0 amide bonds. The van der Waals surface area contributed by atoms with Crippen LogP contribution < -0.4 is 5.73 Å². The first kappa shape index (κ1) is 10.8. The molecule has 66 valence electrons. The maximum absolute atomic E-state index is 10.5. The van der Waals surface area contributed by atoms with E-state index in [0.717, 1.165) is 12.2 Å². The Balaban J connectivity index is 3.60. The highest BCUT2D eigenvalue weighted by atomic mass is 32.2. The van der Waals surface area contributed by atoms with Gasteiger partial charge in [-0.2, -0.15) is 0 Å². The number of carboxylic acids is 1. The average molecular weight is 177 g/mol. The smallest absolute Gasteiger partial charge is 0.316 e. The molecule has 3 N–H and O–H groups in total. The Labute approximate surface area is 71.3 Å². The Morgan fingerprint density at radius 3 is 2.73 bits per heavy atom. The molecule has 0 fully saturated rings. The van der Waals surface area contributed by atoms with E-state index in [9.17, 15) is 4.79 Å². The van der Waals surface area contributed by atoms with E-state index in [1.165, 1.54) is 11.8 Å². The molecule has 0 bridgehead atoms. The van der Waals surface area contributed by atoms with Crippen LogP contribution >= 0.6 is 11.8 Å². The van der Waals surface area contributed by atoms with Crippen LogP contribution in [0.4, 0.5) is 0 Å². The maximum Gasteiger partial charge on any atom is 0.316 e. The number of thioether (sulfide) groups is 1. The van der Waals surface area contributed by atoms with Crippen LogP contribution in [0, 0.1) is 0 Å². The van der Waals surface area contributed by atoms with Crippen molar-refractivity contribution in [2.24, 2.45) is 5.73 Å². The summed E-state index contributed by atoms with van der Waals surface area (Å²) in [6.45, 7) is 2.49. The fourth-order valence-corrected chi connectivity index (χ4v) is 1.66. The van der Waals surface area contributed by atoms with E-state index >= 15 is 0 Å². The molecule has 0 aromatic heterocycles. The minimum Gasteiger partial charge on any atom is -0.480 e. The van der Waals surface area contributed by atoms with Crippen LogP contribution in [0.5, 0.6) is 0 Å². The Morgan fingerprint density at radius 1 is 1.73 bits per heavy atom. The van der Waals surface area contributed by atoms with Gasteiger partial charge in [-0.05, 0) is 25.1 Å². The van der Waals surface area contributed by atoms with Gasteiger partial charge in [0.25, 0.3) is 0 Å². The topological polar surface area (TPSA) is 63.3 Å². The number of nitrogens with two attached hydrogens (primary N) is 1. The molecule has 4 heteroatoms. The van der Waals surface area contributed by atoms with Gasteiger partial charge >= 0.3 is 5.97 Å². The van der Waals surface area contributed by atoms with Crippen LogP contribution in [-0.4, -0.2) is 28.6 Å². The highest BCUT2D eigenvalue weighted by Gasteiger charge is 2.15. The molecule has 0 aliphatic rings. The number of rotatable bonds is 6. The van der Waals surface area contributed by atoms with E-state index < -0.39 is 5.97 Å². The summed E-state index contributed by atoms with van der Waals surface area (Å²) in [5, 5.41) is 8.35. The summed E-state index contributed by atoms with van der Waals surface area (Å²) in [4.78, 5) is 10.5. The van der Waals surface area contributed by atoms with Crippen LogP contribution in [0.1, 0.15) is 19.8 Å². The summed E-state index contributed by atoms with van der Waals surface area (Å²) in [7, 11) is 0. The normalized spacial score (nSPS) is 12.9. The average Bonchev–Trinajstić information content (AvgIpc) is 1.97. The molecule has 1 atom stereocenters. The predicted octanol–water partition coefficient (Wildman–Crippen LogP) is 0.932. The number of aliphatic carboxylic acids is 1. The van der Waals surface area contributed by atoms with Crippen LogP contribution in [0.2, 0.25) is 0 Å². The molecule has 3 nitrogen and oxygen atoms in total. The van der Waals surface area contributed by atoms with Crippen molar-refractivity contribution in [2.75, 3.05) is 12.3 Å². The molecule has 0 radical (unpaired) electrons. The predicted molar refractivity (Wildman–Crippen MR) is 47.8 cm³/mol. The molecule has 0 aliphatic heterocycles. The van der Waals surface area contributed by atoms with Gasteiger partial charge in [-0.3, -0.25) is 4.79 Å². The molecule has 0 aromatic carbocycles. The molecular formula is C7H15NO2S. The van der Waals surface area contributed by atoms with Crippen molar-refractivity contribution < 1.29 is 9.90 Å². The standard InChI is InChI=1S/C7H15NO2S/c1-2-5-11-6(3-4-8)7(9)10/h6H,2-5,8H2,1H3,(H,9,10).